The van der Waals surface area contributed by atoms with Gasteiger partial charge < -0.3 is 4.74 Å². The van der Waals surface area contributed by atoms with E-state index >= 15 is 0 Å². The molecular formula is C12H15ClN2O3S. The Balaban J connectivity index is 2.55. The van der Waals surface area contributed by atoms with Crippen LogP contribution in [0.5, 0.6) is 5.75 Å². The molecule has 0 bridgehead atoms. The highest BCUT2D eigenvalue weighted by Crippen LogP contribution is 2.17. The summed E-state index contributed by atoms with van der Waals surface area (Å²) in [5.74, 6) is 1.03. The summed E-state index contributed by atoms with van der Waals surface area (Å²) in [4.78, 5) is 0. The molecule has 0 aliphatic carbocycles. The zero-order chi connectivity index (χ0) is 14.1. The number of nitriles is 1. The summed E-state index contributed by atoms with van der Waals surface area (Å²) < 4.78 is 30.9. The smallest absolute Gasteiger partial charge is 0.232 e. The van der Waals surface area contributed by atoms with Gasteiger partial charge in [-0.05, 0) is 37.1 Å². The van der Waals surface area contributed by atoms with Crippen LogP contribution in [0.2, 0.25) is 0 Å². The van der Waals surface area contributed by atoms with Gasteiger partial charge in [0.05, 0.1) is 5.75 Å². The summed E-state index contributed by atoms with van der Waals surface area (Å²) >= 11 is 5.50. The van der Waals surface area contributed by atoms with Crippen molar-refractivity contribution < 1.29 is 13.2 Å². The van der Waals surface area contributed by atoms with Crippen LogP contribution in [0.1, 0.15) is 12.8 Å². The Bertz CT molecular complexity index is 523. The van der Waals surface area contributed by atoms with Gasteiger partial charge in [-0.15, -0.1) is 11.6 Å². The van der Waals surface area contributed by atoms with Crippen molar-refractivity contribution in [1.29, 1.82) is 5.26 Å². The van der Waals surface area contributed by atoms with Gasteiger partial charge in [0, 0.05) is 11.6 Å². The van der Waals surface area contributed by atoms with Gasteiger partial charge in [-0.25, -0.2) is 8.42 Å². The molecule has 0 aliphatic heterocycles. The van der Waals surface area contributed by atoms with Gasteiger partial charge in [0.2, 0.25) is 10.0 Å². The molecule has 0 amide bonds. The summed E-state index contributed by atoms with van der Waals surface area (Å²) in [6.07, 6.45) is 1.20. The van der Waals surface area contributed by atoms with Crippen molar-refractivity contribution in [2.24, 2.45) is 0 Å². The van der Waals surface area contributed by atoms with Crippen LogP contribution < -0.4 is 9.46 Å². The SMILES string of the molecule is N#CCOc1ccc(NS(=O)(=O)CCCCCl)cc1. The van der Waals surface area contributed by atoms with Crippen molar-refractivity contribution in [2.75, 3.05) is 23.0 Å². The highest BCUT2D eigenvalue weighted by molar-refractivity contribution is 7.92. The first kappa shape index (κ1) is 15.6. The summed E-state index contributed by atoms with van der Waals surface area (Å²) in [5.41, 5.74) is 0.468. The number of benzene rings is 1. The molecule has 7 heteroatoms. The number of ether oxygens (including phenoxy) is 1. The molecule has 0 fully saturated rings. The first-order valence-corrected chi connectivity index (χ1v) is 7.92. The van der Waals surface area contributed by atoms with Crippen LogP contribution in [0.4, 0.5) is 5.69 Å². The number of rotatable bonds is 8. The van der Waals surface area contributed by atoms with Crippen molar-refractivity contribution in [1.82, 2.24) is 0 Å². The number of nitrogens with one attached hydrogen (secondary N) is 1. The first-order valence-electron chi connectivity index (χ1n) is 5.73. The molecule has 0 radical (unpaired) electrons. The predicted octanol–water partition coefficient (Wildman–Crippen LogP) is 2.35. The molecule has 1 rings (SSSR count). The maximum absolute atomic E-state index is 11.7. The second kappa shape index (κ2) is 7.87. The third-order valence-electron chi connectivity index (χ3n) is 2.23. The Hall–Kier alpha value is -1.45. The third kappa shape index (κ3) is 6.32. The van der Waals surface area contributed by atoms with E-state index in [0.717, 1.165) is 0 Å². The molecule has 5 nitrogen and oxygen atoms in total. The maximum atomic E-state index is 11.7. The largest absolute Gasteiger partial charge is 0.479 e. The molecule has 0 atom stereocenters. The molecule has 1 aromatic rings. The van der Waals surface area contributed by atoms with Crippen LogP contribution in [0.15, 0.2) is 24.3 Å². The van der Waals surface area contributed by atoms with E-state index in [0.29, 0.717) is 30.2 Å². The number of hydrogen-bond donors (Lipinski definition) is 1. The van der Waals surface area contributed by atoms with Crippen LogP contribution in [0, 0.1) is 11.3 Å². The summed E-state index contributed by atoms with van der Waals surface area (Å²) in [7, 11) is -3.34. The van der Waals surface area contributed by atoms with Crippen molar-refractivity contribution in [3.8, 4) is 11.8 Å². The second-order valence-electron chi connectivity index (χ2n) is 3.79. The minimum atomic E-state index is -3.34. The zero-order valence-corrected chi connectivity index (χ0v) is 11.9. The number of sulfonamides is 1. The van der Waals surface area contributed by atoms with Gasteiger partial charge >= 0.3 is 0 Å². The predicted molar refractivity (Wildman–Crippen MR) is 74.9 cm³/mol. The monoisotopic (exact) mass is 302 g/mol. The molecule has 0 aromatic heterocycles. The van der Waals surface area contributed by atoms with E-state index < -0.39 is 10.0 Å². The lowest BCUT2D eigenvalue weighted by Crippen LogP contribution is -2.16. The average molecular weight is 303 g/mol. The fraction of sp³-hybridized carbons (Fsp3) is 0.417. The number of hydrogen-bond acceptors (Lipinski definition) is 4. The van der Waals surface area contributed by atoms with Crippen molar-refractivity contribution in [2.45, 2.75) is 12.8 Å². The van der Waals surface area contributed by atoms with E-state index in [4.69, 9.17) is 21.6 Å². The van der Waals surface area contributed by atoms with E-state index in [1.165, 1.54) is 0 Å². The number of unbranched alkanes of at least 4 members (excludes halogenated alkanes) is 1. The maximum Gasteiger partial charge on any atom is 0.232 e. The molecule has 1 N–H and O–H groups in total. The minimum Gasteiger partial charge on any atom is -0.479 e. The van der Waals surface area contributed by atoms with E-state index in [-0.39, 0.29) is 12.4 Å². The molecule has 0 heterocycles. The molecule has 0 aliphatic rings. The molecular weight excluding hydrogens is 288 g/mol. The van der Waals surface area contributed by atoms with Crippen molar-refractivity contribution in [3.63, 3.8) is 0 Å². The fourth-order valence-corrected chi connectivity index (χ4v) is 2.72. The van der Waals surface area contributed by atoms with Gasteiger partial charge in [0.25, 0.3) is 0 Å². The highest BCUT2D eigenvalue weighted by Gasteiger charge is 2.09. The summed E-state index contributed by atoms with van der Waals surface area (Å²) in [6, 6.07) is 8.24. The lowest BCUT2D eigenvalue weighted by molar-refractivity contribution is 0.368. The van der Waals surface area contributed by atoms with E-state index in [1.54, 1.807) is 24.3 Å². The Morgan fingerprint density at radius 2 is 1.95 bits per heavy atom. The van der Waals surface area contributed by atoms with Crippen LogP contribution >= 0.6 is 11.6 Å². The normalized spacial score (nSPS) is 10.7. The molecule has 104 valence electrons. The van der Waals surface area contributed by atoms with Gasteiger partial charge in [-0.1, -0.05) is 0 Å². The van der Waals surface area contributed by atoms with Gasteiger partial charge in [0.1, 0.15) is 11.8 Å². The molecule has 0 saturated carbocycles. The highest BCUT2D eigenvalue weighted by atomic mass is 35.5. The molecule has 0 saturated heterocycles. The topological polar surface area (TPSA) is 79.2 Å². The number of alkyl halides is 1. The Labute approximate surface area is 118 Å². The molecule has 0 spiro atoms. The quantitative estimate of drug-likeness (QED) is 0.590. The van der Waals surface area contributed by atoms with Gasteiger partial charge in [-0.3, -0.25) is 4.72 Å². The Kier molecular flexibility index (Phi) is 6.46. The molecule has 19 heavy (non-hydrogen) atoms. The average Bonchev–Trinajstić information content (AvgIpc) is 2.38. The fourth-order valence-electron chi connectivity index (χ4n) is 1.35. The Morgan fingerprint density at radius 3 is 2.53 bits per heavy atom. The zero-order valence-electron chi connectivity index (χ0n) is 10.3. The molecule has 1 aromatic carbocycles. The van der Waals surface area contributed by atoms with Crippen molar-refractivity contribution in [3.05, 3.63) is 24.3 Å². The van der Waals surface area contributed by atoms with Crippen LogP contribution in [-0.4, -0.2) is 26.7 Å². The van der Waals surface area contributed by atoms with Gasteiger partial charge in [-0.2, -0.15) is 5.26 Å². The number of anilines is 1. The second-order valence-corrected chi connectivity index (χ2v) is 6.01. The lowest BCUT2D eigenvalue weighted by Gasteiger charge is -2.08. The minimum absolute atomic E-state index is 0.0382. The lowest BCUT2D eigenvalue weighted by atomic mass is 10.3. The third-order valence-corrected chi connectivity index (χ3v) is 3.87. The molecule has 0 unspecified atom stereocenters. The standard InChI is InChI=1S/C12H15ClN2O3S/c13-7-1-2-10-19(16,17)15-11-3-5-12(6-4-11)18-9-8-14/h3-6,15H,1-2,7,9-10H2. The Morgan fingerprint density at radius 1 is 1.26 bits per heavy atom. The first-order chi connectivity index (χ1) is 9.07. The van der Waals surface area contributed by atoms with Crippen LogP contribution in [-0.2, 0) is 10.0 Å². The number of nitrogens with zero attached hydrogens (tertiary/aromatic N) is 1. The van der Waals surface area contributed by atoms with Crippen molar-refractivity contribution >= 4 is 27.3 Å². The number of halogens is 1. The van der Waals surface area contributed by atoms with Gasteiger partial charge in [0.15, 0.2) is 6.61 Å². The van der Waals surface area contributed by atoms with Crippen LogP contribution in [0.25, 0.3) is 0 Å². The summed E-state index contributed by atoms with van der Waals surface area (Å²) in [6.45, 7) is -0.0382. The van der Waals surface area contributed by atoms with E-state index in [2.05, 4.69) is 4.72 Å². The van der Waals surface area contributed by atoms with Crippen LogP contribution in [0.3, 0.4) is 0 Å². The van der Waals surface area contributed by atoms with E-state index in [9.17, 15) is 8.42 Å². The van der Waals surface area contributed by atoms with E-state index in [1.807, 2.05) is 6.07 Å². The summed E-state index contributed by atoms with van der Waals surface area (Å²) in [5, 5.41) is 8.36.